The lowest BCUT2D eigenvalue weighted by Gasteiger charge is -2.33. The van der Waals surface area contributed by atoms with Crippen LogP contribution in [0.2, 0.25) is 0 Å². The number of hydrogen-bond donors (Lipinski definition) is 1. The fourth-order valence-electron chi connectivity index (χ4n) is 3.77. The van der Waals surface area contributed by atoms with Crippen LogP contribution >= 0.6 is 0 Å². The second kappa shape index (κ2) is 8.37. The number of likely N-dealkylation sites (tertiary alicyclic amines) is 1. The first-order valence-corrected chi connectivity index (χ1v) is 9.52. The molecule has 2 saturated heterocycles. The predicted octanol–water partition coefficient (Wildman–Crippen LogP) is 3.01. The lowest BCUT2D eigenvalue weighted by molar-refractivity contribution is -0.119. The molecule has 1 aromatic carbocycles. The third kappa shape index (κ3) is 4.53. The monoisotopic (exact) mass is 342 g/mol. The normalized spacial score (nSPS) is 22.2. The van der Waals surface area contributed by atoms with Gasteiger partial charge < -0.3 is 15.1 Å². The molecule has 2 heterocycles. The summed E-state index contributed by atoms with van der Waals surface area (Å²) in [6, 6.07) is 8.34. The topological polar surface area (TPSA) is 47.9 Å². The average Bonchev–Trinajstić information content (AvgIpc) is 2.63. The number of aliphatic imine (C=N–C) groups is 1. The molecular formula is C20H30N4O. The van der Waals surface area contributed by atoms with Gasteiger partial charge in [-0.15, -0.1) is 0 Å². The summed E-state index contributed by atoms with van der Waals surface area (Å²) in [5, 5.41) is 3.48. The number of amides is 1. The molecule has 3 rings (SSSR count). The van der Waals surface area contributed by atoms with Crippen molar-refractivity contribution in [3.63, 3.8) is 0 Å². The Hall–Kier alpha value is -2.04. The summed E-state index contributed by atoms with van der Waals surface area (Å²) in [5.74, 6) is 1.97. The Labute approximate surface area is 151 Å². The largest absolute Gasteiger partial charge is 0.352 e. The number of guanidine groups is 1. The van der Waals surface area contributed by atoms with Gasteiger partial charge >= 0.3 is 0 Å². The fourth-order valence-corrected chi connectivity index (χ4v) is 3.77. The third-order valence-corrected chi connectivity index (χ3v) is 5.19. The summed E-state index contributed by atoms with van der Waals surface area (Å²) in [7, 11) is 1.85. The minimum Gasteiger partial charge on any atom is -0.352 e. The molecular weight excluding hydrogens is 312 g/mol. The zero-order valence-electron chi connectivity index (χ0n) is 15.5. The Morgan fingerprint density at radius 2 is 2.00 bits per heavy atom. The number of nitrogens with one attached hydrogen (secondary N) is 1. The zero-order chi connectivity index (χ0) is 17.6. The minimum absolute atomic E-state index is 0.247. The molecule has 25 heavy (non-hydrogen) atoms. The summed E-state index contributed by atoms with van der Waals surface area (Å²) in [5.41, 5.74) is 2.22. The Bertz CT molecular complexity index is 611. The molecule has 2 aliphatic heterocycles. The molecule has 2 aliphatic rings. The molecule has 0 aromatic heterocycles. The van der Waals surface area contributed by atoms with Crippen molar-refractivity contribution in [3.05, 3.63) is 29.8 Å². The maximum absolute atomic E-state index is 12.0. The van der Waals surface area contributed by atoms with Crippen molar-refractivity contribution in [2.24, 2.45) is 10.9 Å². The third-order valence-electron chi connectivity index (χ3n) is 5.19. The van der Waals surface area contributed by atoms with Crippen molar-refractivity contribution in [2.45, 2.75) is 45.6 Å². The van der Waals surface area contributed by atoms with Gasteiger partial charge in [0.15, 0.2) is 5.96 Å². The first-order chi connectivity index (χ1) is 12.2. The van der Waals surface area contributed by atoms with Gasteiger partial charge in [0.25, 0.3) is 0 Å². The van der Waals surface area contributed by atoms with E-state index in [9.17, 15) is 4.79 Å². The van der Waals surface area contributed by atoms with E-state index in [1.807, 2.05) is 11.9 Å². The summed E-state index contributed by atoms with van der Waals surface area (Å²) < 4.78 is 0. The number of nitrogens with zero attached hydrogens (tertiary/aromatic N) is 3. The first kappa shape index (κ1) is 17.8. The molecule has 0 saturated carbocycles. The van der Waals surface area contributed by atoms with E-state index in [1.54, 1.807) is 0 Å². The molecule has 1 amide bonds. The first-order valence-electron chi connectivity index (χ1n) is 9.52. The van der Waals surface area contributed by atoms with Crippen LogP contribution in [-0.2, 0) is 11.3 Å². The molecule has 0 radical (unpaired) electrons. The van der Waals surface area contributed by atoms with Gasteiger partial charge in [-0.3, -0.25) is 9.79 Å². The smallest absolute Gasteiger partial charge is 0.226 e. The second-order valence-corrected chi connectivity index (χ2v) is 7.26. The summed E-state index contributed by atoms with van der Waals surface area (Å²) in [6.45, 7) is 6.07. The molecule has 1 unspecified atom stereocenters. The van der Waals surface area contributed by atoms with Crippen LogP contribution in [-0.4, -0.2) is 43.4 Å². The van der Waals surface area contributed by atoms with Gasteiger partial charge in [-0.2, -0.15) is 0 Å². The highest BCUT2D eigenvalue weighted by molar-refractivity contribution is 5.93. The van der Waals surface area contributed by atoms with E-state index in [4.69, 9.17) is 0 Å². The second-order valence-electron chi connectivity index (χ2n) is 7.26. The van der Waals surface area contributed by atoms with E-state index in [2.05, 4.69) is 46.4 Å². The van der Waals surface area contributed by atoms with Gasteiger partial charge in [-0.1, -0.05) is 19.1 Å². The van der Waals surface area contributed by atoms with Gasteiger partial charge in [0.2, 0.25) is 5.91 Å². The SMILES string of the molecule is CN=C(NCc1ccc(N2CCCCC2=O)cc1)N1CCCC(C)C1. The maximum atomic E-state index is 12.0. The molecule has 2 fully saturated rings. The molecule has 5 heteroatoms. The van der Waals surface area contributed by atoms with Crippen LogP contribution in [0.25, 0.3) is 0 Å². The van der Waals surface area contributed by atoms with Crippen LogP contribution in [0.1, 0.15) is 44.6 Å². The number of rotatable bonds is 3. The summed E-state index contributed by atoms with van der Waals surface area (Å²) in [4.78, 5) is 20.7. The highest BCUT2D eigenvalue weighted by Gasteiger charge is 2.20. The summed E-state index contributed by atoms with van der Waals surface area (Å²) in [6.07, 6.45) is 5.34. The van der Waals surface area contributed by atoms with Crippen molar-refractivity contribution >= 4 is 17.6 Å². The van der Waals surface area contributed by atoms with Crippen molar-refractivity contribution in [2.75, 3.05) is 31.6 Å². The van der Waals surface area contributed by atoms with Crippen molar-refractivity contribution in [3.8, 4) is 0 Å². The van der Waals surface area contributed by atoms with Crippen LogP contribution < -0.4 is 10.2 Å². The predicted molar refractivity (Wildman–Crippen MR) is 103 cm³/mol. The molecule has 1 N–H and O–H groups in total. The van der Waals surface area contributed by atoms with Crippen molar-refractivity contribution in [1.82, 2.24) is 10.2 Å². The molecule has 1 atom stereocenters. The van der Waals surface area contributed by atoms with Gasteiger partial charge in [-0.25, -0.2) is 0 Å². The standard InChI is InChI=1S/C20H30N4O/c1-16-6-5-12-23(15-16)20(21-2)22-14-17-8-10-18(11-9-17)24-13-4-3-7-19(24)25/h8-11,16H,3-7,12-15H2,1-2H3,(H,21,22). The Morgan fingerprint density at radius 3 is 2.68 bits per heavy atom. The van der Waals surface area contributed by atoms with Crippen LogP contribution in [0.15, 0.2) is 29.3 Å². The highest BCUT2D eigenvalue weighted by atomic mass is 16.2. The Balaban J connectivity index is 1.56. The lowest BCUT2D eigenvalue weighted by atomic mass is 10.0. The van der Waals surface area contributed by atoms with Crippen molar-refractivity contribution < 1.29 is 4.79 Å². The van der Waals surface area contributed by atoms with E-state index < -0.39 is 0 Å². The minimum atomic E-state index is 0.247. The van der Waals surface area contributed by atoms with E-state index in [0.717, 1.165) is 56.6 Å². The highest BCUT2D eigenvalue weighted by Crippen LogP contribution is 2.21. The van der Waals surface area contributed by atoms with Gasteiger partial charge in [0.1, 0.15) is 0 Å². The quantitative estimate of drug-likeness (QED) is 0.678. The van der Waals surface area contributed by atoms with E-state index in [1.165, 1.54) is 18.4 Å². The molecule has 136 valence electrons. The number of carbonyl (C=O) groups is 1. The van der Waals surface area contributed by atoms with Crippen LogP contribution in [0, 0.1) is 5.92 Å². The van der Waals surface area contributed by atoms with Gasteiger partial charge in [0.05, 0.1) is 0 Å². The Morgan fingerprint density at radius 1 is 1.20 bits per heavy atom. The van der Waals surface area contributed by atoms with Crippen molar-refractivity contribution in [1.29, 1.82) is 0 Å². The maximum Gasteiger partial charge on any atom is 0.226 e. The number of piperidine rings is 2. The number of hydrogen-bond acceptors (Lipinski definition) is 2. The number of benzene rings is 1. The molecule has 5 nitrogen and oxygen atoms in total. The molecule has 0 bridgehead atoms. The summed E-state index contributed by atoms with van der Waals surface area (Å²) >= 11 is 0. The molecule has 0 spiro atoms. The van der Waals surface area contributed by atoms with Gasteiger partial charge in [0, 0.05) is 45.3 Å². The van der Waals surface area contributed by atoms with E-state index in [0.29, 0.717) is 6.42 Å². The van der Waals surface area contributed by atoms with Crippen LogP contribution in [0.5, 0.6) is 0 Å². The van der Waals surface area contributed by atoms with Gasteiger partial charge in [-0.05, 0) is 49.3 Å². The fraction of sp³-hybridized carbons (Fsp3) is 0.600. The average molecular weight is 342 g/mol. The Kier molecular flexibility index (Phi) is 5.95. The molecule has 1 aromatic rings. The van der Waals surface area contributed by atoms with Crippen LogP contribution in [0.4, 0.5) is 5.69 Å². The zero-order valence-corrected chi connectivity index (χ0v) is 15.5. The molecule has 0 aliphatic carbocycles. The van der Waals surface area contributed by atoms with E-state index in [-0.39, 0.29) is 5.91 Å². The number of carbonyl (C=O) groups excluding carboxylic acids is 1. The lowest BCUT2D eigenvalue weighted by Crippen LogP contribution is -2.45. The van der Waals surface area contributed by atoms with Crippen LogP contribution in [0.3, 0.4) is 0 Å². The van der Waals surface area contributed by atoms with E-state index >= 15 is 0 Å². The number of anilines is 1.